The van der Waals surface area contributed by atoms with Crippen LogP contribution < -0.4 is 5.73 Å². The van der Waals surface area contributed by atoms with Crippen molar-refractivity contribution in [1.82, 2.24) is 14.7 Å². The van der Waals surface area contributed by atoms with Crippen molar-refractivity contribution in [3.8, 4) is 0 Å². The molecule has 0 aromatic carbocycles. The Labute approximate surface area is 103 Å². The zero-order chi connectivity index (χ0) is 13.0. The van der Waals surface area contributed by atoms with Crippen molar-refractivity contribution in [3.05, 3.63) is 11.4 Å². The van der Waals surface area contributed by atoms with Crippen LogP contribution in [0, 0.1) is 0 Å². The second-order valence-electron chi connectivity index (χ2n) is 4.07. The lowest BCUT2D eigenvalue weighted by molar-refractivity contribution is 0.0754. The molecule has 1 aromatic rings. The van der Waals surface area contributed by atoms with Crippen molar-refractivity contribution >= 4 is 11.6 Å². The summed E-state index contributed by atoms with van der Waals surface area (Å²) in [4.78, 5) is 14.1. The molecular formula is C12H22N4O. The number of carbonyl (C=O) groups is 1. The first-order valence-electron chi connectivity index (χ1n) is 6.17. The number of hydrogen-bond donors (Lipinski definition) is 1. The van der Waals surface area contributed by atoms with Crippen molar-refractivity contribution in [3.63, 3.8) is 0 Å². The maximum atomic E-state index is 12.3. The van der Waals surface area contributed by atoms with Crippen molar-refractivity contribution in [2.24, 2.45) is 7.05 Å². The monoisotopic (exact) mass is 238 g/mol. The number of amides is 1. The van der Waals surface area contributed by atoms with Gasteiger partial charge in [0.1, 0.15) is 5.69 Å². The Balaban J connectivity index is 3.06. The van der Waals surface area contributed by atoms with E-state index in [-0.39, 0.29) is 5.91 Å². The Morgan fingerprint density at radius 1 is 1.41 bits per heavy atom. The Hall–Kier alpha value is -1.52. The Bertz CT molecular complexity index is 397. The quantitative estimate of drug-likeness (QED) is 0.844. The normalized spacial score (nSPS) is 10.6. The largest absolute Gasteiger partial charge is 0.395 e. The fraction of sp³-hybridized carbons (Fsp3) is 0.667. The van der Waals surface area contributed by atoms with Gasteiger partial charge >= 0.3 is 0 Å². The van der Waals surface area contributed by atoms with Gasteiger partial charge in [-0.3, -0.25) is 9.48 Å². The van der Waals surface area contributed by atoms with E-state index < -0.39 is 0 Å². The first kappa shape index (κ1) is 13.5. The van der Waals surface area contributed by atoms with Crippen LogP contribution in [0.1, 0.15) is 43.4 Å². The summed E-state index contributed by atoms with van der Waals surface area (Å²) < 4.78 is 1.59. The molecule has 5 nitrogen and oxygen atoms in total. The van der Waals surface area contributed by atoms with Crippen LogP contribution in [0.3, 0.4) is 0 Å². The van der Waals surface area contributed by atoms with Crippen LogP contribution in [-0.4, -0.2) is 33.7 Å². The summed E-state index contributed by atoms with van der Waals surface area (Å²) in [7, 11) is 1.77. The van der Waals surface area contributed by atoms with Crippen LogP contribution in [0.4, 0.5) is 5.69 Å². The summed E-state index contributed by atoms with van der Waals surface area (Å²) in [6, 6.07) is 0. The summed E-state index contributed by atoms with van der Waals surface area (Å²) in [6.45, 7) is 7.46. The molecule has 1 heterocycles. The van der Waals surface area contributed by atoms with E-state index in [0.29, 0.717) is 17.9 Å². The number of nitrogen functional groups attached to an aromatic ring is 1. The smallest absolute Gasteiger partial charge is 0.274 e. The van der Waals surface area contributed by atoms with Gasteiger partial charge in [-0.05, 0) is 19.8 Å². The van der Waals surface area contributed by atoms with Crippen LogP contribution in [0.2, 0.25) is 0 Å². The van der Waals surface area contributed by atoms with Gasteiger partial charge in [0, 0.05) is 20.1 Å². The van der Waals surface area contributed by atoms with Gasteiger partial charge in [0.2, 0.25) is 0 Å². The fourth-order valence-electron chi connectivity index (χ4n) is 1.93. The van der Waals surface area contributed by atoms with E-state index in [1.807, 2.05) is 13.8 Å². The molecule has 0 bridgehead atoms. The summed E-state index contributed by atoms with van der Waals surface area (Å²) >= 11 is 0. The summed E-state index contributed by atoms with van der Waals surface area (Å²) in [5, 5.41) is 4.27. The molecule has 0 spiro atoms. The molecule has 0 aliphatic rings. The second-order valence-corrected chi connectivity index (χ2v) is 4.07. The number of rotatable bonds is 5. The Morgan fingerprint density at radius 2 is 2.06 bits per heavy atom. The lowest BCUT2D eigenvalue weighted by atomic mass is 10.2. The lowest BCUT2D eigenvalue weighted by Crippen LogP contribution is -2.33. The molecule has 0 saturated heterocycles. The molecule has 17 heavy (non-hydrogen) atoms. The minimum absolute atomic E-state index is 0.0263. The number of hydrogen-bond acceptors (Lipinski definition) is 3. The van der Waals surface area contributed by atoms with E-state index in [0.717, 1.165) is 25.1 Å². The fourth-order valence-corrected chi connectivity index (χ4v) is 1.93. The molecule has 1 amide bonds. The van der Waals surface area contributed by atoms with Gasteiger partial charge in [-0.1, -0.05) is 13.8 Å². The standard InChI is InChI=1S/C12H22N4O/c1-5-8-16(7-3)12(17)11-10(13)9(6-2)14-15(11)4/h5-8,13H2,1-4H3. The van der Waals surface area contributed by atoms with Crippen LogP contribution in [0.5, 0.6) is 0 Å². The number of nitrogens with two attached hydrogens (primary N) is 1. The minimum atomic E-state index is -0.0263. The highest BCUT2D eigenvalue weighted by Crippen LogP contribution is 2.18. The van der Waals surface area contributed by atoms with Crippen LogP contribution in [-0.2, 0) is 13.5 Å². The molecule has 0 atom stereocenters. The average Bonchev–Trinajstić information content (AvgIpc) is 2.60. The van der Waals surface area contributed by atoms with Crippen LogP contribution >= 0.6 is 0 Å². The van der Waals surface area contributed by atoms with E-state index in [9.17, 15) is 4.79 Å². The first-order chi connectivity index (χ1) is 8.06. The third kappa shape index (κ3) is 2.60. The molecule has 0 radical (unpaired) electrons. The van der Waals surface area contributed by atoms with E-state index in [2.05, 4.69) is 12.0 Å². The zero-order valence-electron chi connectivity index (χ0n) is 11.2. The Morgan fingerprint density at radius 3 is 2.47 bits per heavy atom. The predicted octanol–water partition coefficient (Wildman–Crippen LogP) is 1.44. The average molecular weight is 238 g/mol. The van der Waals surface area contributed by atoms with E-state index in [1.165, 1.54) is 0 Å². The van der Waals surface area contributed by atoms with Gasteiger partial charge < -0.3 is 10.6 Å². The predicted molar refractivity (Wildman–Crippen MR) is 68.9 cm³/mol. The SMILES string of the molecule is CCCN(CC)C(=O)c1c(N)c(CC)nn1C. The molecule has 0 aliphatic heterocycles. The van der Waals surface area contributed by atoms with Crippen molar-refractivity contribution in [2.75, 3.05) is 18.8 Å². The highest BCUT2D eigenvalue weighted by molar-refractivity contribution is 5.98. The summed E-state index contributed by atoms with van der Waals surface area (Å²) in [5.74, 6) is -0.0263. The van der Waals surface area contributed by atoms with E-state index >= 15 is 0 Å². The number of nitrogens with zero attached hydrogens (tertiary/aromatic N) is 3. The number of aryl methyl sites for hydroxylation is 2. The third-order valence-electron chi connectivity index (χ3n) is 2.86. The molecular weight excluding hydrogens is 216 g/mol. The molecule has 0 aliphatic carbocycles. The van der Waals surface area contributed by atoms with Gasteiger partial charge in [0.25, 0.3) is 5.91 Å². The zero-order valence-corrected chi connectivity index (χ0v) is 11.2. The maximum Gasteiger partial charge on any atom is 0.274 e. The highest BCUT2D eigenvalue weighted by Gasteiger charge is 2.22. The van der Waals surface area contributed by atoms with Gasteiger partial charge in [-0.15, -0.1) is 0 Å². The number of aromatic nitrogens is 2. The minimum Gasteiger partial charge on any atom is -0.395 e. The van der Waals surface area contributed by atoms with Crippen molar-refractivity contribution < 1.29 is 4.79 Å². The van der Waals surface area contributed by atoms with Crippen molar-refractivity contribution in [1.29, 1.82) is 0 Å². The second kappa shape index (κ2) is 5.70. The highest BCUT2D eigenvalue weighted by atomic mass is 16.2. The van der Waals surface area contributed by atoms with Gasteiger partial charge in [-0.2, -0.15) is 5.10 Å². The van der Waals surface area contributed by atoms with Gasteiger partial charge in [0.15, 0.2) is 0 Å². The maximum absolute atomic E-state index is 12.3. The lowest BCUT2D eigenvalue weighted by Gasteiger charge is -2.20. The van der Waals surface area contributed by atoms with Gasteiger partial charge in [0.05, 0.1) is 11.4 Å². The molecule has 96 valence electrons. The molecule has 0 fully saturated rings. The van der Waals surface area contributed by atoms with Crippen LogP contribution in [0.25, 0.3) is 0 Å². The molecule has 0 saturated carbocycles. The Kier molecular flexibility index (Phi) is 4.54. The van der Waals surface area contributed by atoms with Crippen molar-refractivity contribution in [2.45, 2.75) is 33.6 Å². The van der Waals surface area contributed by atoms with E-state index in [1.54, 1.807) is 16.6 Å². The molecule has 1 rings (SSSR count). The van der Waals surface area contributed by atoms with Crippen LogP contribution in [0.15, 0.2) is 0 Å². The summed E-state index contributed by atoms with van der Waals surface area (Å²) in [6.07, 6.45) is 1.69. The molecule has 0 unspecified atom stereocenters. The number of carbonyl (C=O) groups excluding carboxylic acids is 1. The number of anilines is 1. The third-order valence-corrected chi connectivity index (χ3v) is 2.86. The summed E-state index contributed by atoms with van der Waals surface area (Å²) in [5.41, 5.74) is 7.80. The van der Waals surface area contributed by atoms with Gasteiger partial charge in [-0.25, -0.2) is 0 Å². The topological polar surface area (TPSA) is 64.2 Å². The van der Waals surface area contributed by atoms with E-state index in [4.69, 9.17) is 5.73 Å². The first-order valence-corrected chi connectivity index (χ1v) is 6.17. The molecule has 5 heteroatoms. The molecule has 2 N–H and O–H groups in total. The molecule has 1 aromatic heterocycles.